The van der Waals surface area contributed by atoms with Gasteiger partial charge in [0.15, 0.2) is 0 Å². The first-order valence-corrected chi connectivity index (χ1v) is 5.91. The number of benzene rings is 2. The summed E-state index contributed by atoms with van der Waals surface area (Å²) in [7, 11) is 0. The monoisotopic (exact) mass is 309 g/mol. The molecule has 0 aromatic heterocycles. The predicted molar refractivity (Wildman–Crippen MR) is 70.2 cm³/mol. The van der Waals surface area contributed by atoms with Crippen LogP contribution in [0, 0.1) is 5.82 Å². The zero-order valence-corrected chi connectivity index (χ0v) is 10.7. The molecule has 2 aromatic carbocycles. The van der Waals surface area contributed by atoms with Crippen LogP contribution in [0.25, 0.3) is 0 Å². The fraction of sp³-hybridized carbons (Fsp3) is 0. The Labute approximate surface area is 111 Å². The van der Waals surface area contributed by atoms with E-state index in [0.717, 1.165) is 0 Å². The number of phenolic OH excluding ortho intramolecular Hbond substituents is 1. The predicted octanol–water partition coefficient (Wildman–Crippen LogP) is 3.55. The van der Waals surface area contributed by atoms with E-state index in [1.807, 2.05) is 0 Å². The lowest BCUT2D eigenvalue weighted by Crippen LogP contribution is -2.12. The third-order valence-corrected chi connectivity index (χ3v) is 2.95. The number of nitrogens with one attached hydrogen (secondary N) is 1. The van der Waals surface area contributed by atoms with Gasteiger partial charge < -0.3 is 10.4 Å². The van der Waals surface area contributed by atoms with Crippen molar-refractivity contribution in [1.29, 1.82) is 0 Å². The first kappa shape index (κ1) is 12.6. The van der Waals surface area contributed by atoms with Crippen LogP contribution in [0.5, 0.6) is 5.75 Å². The van der Waals surface area contributed by atoms with Gasteiger partial charge >= 0.3 is 0 Å². The van der Waals surface area contributed by atoms with Gasteiger partial charge in [-0.2, -0.15) is 0 Å². The first-order chi connectivity index (χ1) is 8.58. The Morgan fingerprint density at radius 2 is 1.94 bits per heavy atom. The summed E-state index contributed by atoms with van der Waals surface area (Å²) >= 11 is 3.12. The average Bonchev–Trinajstić information content (AvgIpc) is 2.32. The fourth-order valence-electron chi connectivity index (χ4n) is 1.46. The van der Waals surface area contributed by atoms with Gasteiger partial charge in [-0.15, -0.1) is 0 Å². The summed E-state index contributed by atoms with van der Waals surface area (Å²) < 4.78 is 13.4. The largest absolute Gasteiger partial charge is 0.506 e. The molecule has 92 valence electrons. The van der Waals surface area contributed by atoms with Gasteiger partial charge in [-0.1, -0.05) is 12.1 Å². The number of phenols is 1. The van der Waals surface area contributed by atoms with Gasteiger partial charge in [-0.25, -0.2) is 4.39 Å². The van der Waals surface area contributed by atoms with Crippen molar-refractivity contribution in [3.63, 3.8) is 0 Å². The molecule has 0 aliphatic heterocycles. The summed E-state index contributed by atoms with van der Waals surface area (Å²) in [5.74, 6) is -1.09. The Bertz CT molecular complexity index is 601. The van der Waals surface area contributed by atoms with Crippen LogP contribution in [0.15, 0.2) is 46.9 Å². The highest BCUT2D eigenvalue weighted by atomic mass is 79.9. The molecule has 0 aliphatic carbocycles. The van der Waals surface area contributed by atoms with Crippen LogP contribution in [0.4, 0.5) is 10.1 Å². The number of halogens is 2. The molecule has 3 nitrogen and oxygen atoms in total. The minimum absolute atomic E-state index is 0.119. The molecule has 18 heavy (non-hydrogen) atoms. The van der Waals surface area contributed by atoms with Gasteiger partial charge in [0.25, 0.3) is 5.91 Å². The van der Waals surface area contributed by atoms with Crippen molar-refractivity contribution in [2.45, 2.75) is 0 Å². The van der Waals surface area contributed by atoms with Crippen molar-refractivity contribution >= 4 is 27.5 Å². The van der Waals surface area contributed by atoms with E-state index in [9.17, 15) is 14.3 Å². The van der Waals surface area contributed by atoms with E-state index in [0.29, 0.717) is 10.2 Å². The summed E-state index contributed by atoms with van der Waals surface area (Å²) in [6.45, 7) is 0. The highest BCUT2D eigenvalue weighted by Gasteiger charge is 2.13. The van der Waals surface area contributed by atoms with E-state index in [1.165, 1.54) is 24.3 Å². The molecule has 0 bridgehead atoms. The molecule has 0 atom stereocenters. The summed E-state index contributed by atoms with van der Waals surface area (Å²) in [6.07, 6.45) is 0. The molecule has 2 N–H and O–H groups in total. The van der Waals surface area contributed by atoms with E-state index in [4.69, 9.17) is 0 Å². The molecule has 1 amide bonds. The van der Waals surface area contributed by atoms with Crippen molar-refractivity contribution in [2.24, 2.45) is 0 Å². The molecule has 0 radical (unpaired) electrons. The second kappa shape index (κ2) is 5.18. The molecule has 2 aromatic rings. The molecular formula is C13H9BrFNO2. The Hall–Kier alpha value is -1.88. The third kappa shape index (κ3) is 2.68. The van der Waals surface area contributed by atoms with Gasteiger partial charge in [-0.05, 0) is 46.3 Å². The molecule has 0 saturated heterocycles. The maximum Gasteiger partial charge on any atom is 0.259 e. The summed E-state index contributed by atoms with van der Waals surface area (Å²) in [5, 5.41) is 12.2. The van der Waals surface area contributed by atoms with Crippen LogP contribution in [0.3, 0.4) is 0 Å². The minimum Gasteiger partial charge on any atom is -0.506 e. The Balaban J connectivity index is 2.25. The SMILES string of the molecule is O=C(Nc1cccc(F)c1)c1cccc(Br)c1O. The summed E-state index contributed by atoms with van der Waals surface area (Å²) in [4.78, 5) is 11.9. The van der Waals surface area contributed by atoms with Crippen LogP contribution >= 0.6 is 15.9 Å². The number of hydrogen-bond acceptors (Lipinski definition) is 2. The fourth-order valence-corrected chi connectivity index (χ4v) is 1.83. The van der Waals surface area contributed by atoms with E-state index >= 15 is 0 Å². The molecule has 0 saturated carbocycles. The van der Waals surface area contributed by atoms with E-state index in [1.54, 1.807) is 18.2 Å². The summed E-state index contributed by atoms with van der Waals surface area (Å²) in [5.41, 5.74) is 0.452. The second-order valence-corrected chi connectivity index (χ2v) is 4.45. The van der Waals surface area contributed by atoms with Crippen molar-refractivity contribution < 1.29 is 14.3 Å². The highest BCUT2D eigenvalue weighted by Crippen LogP contribution is 2.27. The Morgan fingerprint density at radius 1 is 1.22 bits per heavy atom. The number of hydrogen-bond donors (Lipinski definition) is 2. The van der Waals surface area contributed by atoms with Crippen molar-refractivity contribution in [3.05, 3.63) is 58.3 Å². The minimum atomic E-state index is -0.501. The lowest BCUT2D eigenvalue weighted by Gasteiger charge is -2.07. The van der Waals surface area contributed by atoms with Crippen molar-refractivity contribution in [2.75, 3.05) is 5.32 Å². The smallest absolute Gasteiger partial charge is 0.259 e. The number of rotatable bonds is 2. The molecule has 0 fully saturated rings. The van der Waals surface area contributed by atoms with Crippen molar-refractivity contribution in [3.8, 4) is 5.75 Å². The highest BCUT2D eigenvalue weighted by molar-refractivity contribution is 9.10. The number of carbonyl (C=O) groups excluding carboxylic acids is 1. The maximum absolute atomic E-state index is 13.0. The topological polar surface area (TPSA) is 49.3 Å². The lowest BCUT2D eigenvalue weighted by molar-refractivity contribution is 0.102. The van der Waals surface area contributed by atoms with Crippen LogP contribution < -0.4 is 5.32 Å². The summed E-state index contributed by atoms with van der Waals surface area (Å²) in [6, 6.07) is 10.3. The molecule has 0 spiro atoms. The Morgan fingerprint density at radius 3 is 2.67 bits per heavy atom. The number of anilines is 1. The normalized spacial score (nSPS) is 10.1. The van der Waals surface area contributed by atoms with E-state index < -0.39 is 11.7 Å². The lowest BCUT2D eigenvalue weighted by atomic mass is 10.2. The second-order valence-electron chi connectivity index (χ2n) is 3.60. The van der Waals surface area contributed by atoms with Gasteiger partial charge in [0.2, 0.25) is 0 Å². The molecular weight excluding hydrogens is 301 g/mol. The number of carbonyl (C=O) groups is 1. The molecule has 0 heterocycles. The van der Waals surface area contributed by atoms with Crippen LogP contribution in [-0.4, -0.2) is 11.0 Å². The van der Waals surface area contributed by atoms with E-state index in [2.05, 4.69) is 21.2 Å². The molecule has 2 rings (SSSR count). The standard InChI is InChI=1S/C13H9BrFNO2/c14-11-6-2-5-10(12(11)17)13(18)16-9-4-1-3-8(15)7-9/h1-7,17H,(H,16,18). The Kier molecular flexibility index (Phi) is 3.62. The van der Waals surface area contributed by atoms with Crippen molar-refractivity contribution in [1.82, 2.24) is 0 Å². The van der Waals surface area contributed by atoms with Crippen LogP contribution in [0.1, 0.15) is 10.4 Å². The number of para-hydroxylation sites is 1. The van der Waals surface area contributed by atoms with Gasteiger partial charge in [0.05, 0.1) is 10.0 Å². The zero-order valence-electron chi connectivity index (χ0n) is 9.15. The van der Waals surface area contributed by atoms with E-state index in [-0.39, 0.29) is 11.3 Å². The van der Waals surface area contributed by atoms with Crippen LogP contribution in [-0.2, 0) is 0 Å². The quantitative estimate of drug-likeness (QED) is 0.891. The van der Waals surface area contributed by atoms with Gasteiger partial charge in [-0.3, -0.25) is 4.79 Å². The van der Waals surface area contributed by atoms with Gasteiger partial charge in [0, 0.05) is 5.69 Å². The number of aromatic hydroxyl groups is 1. The third-order valence-electron chi connectivity index (χ3n) is 2.31. The maximum atomic E-state index is 13.0. The van der Waals surface area contributed by atoms with Crippen LogP contribution in [0.2, 0.25) is 0 Å². The number of amides is 1. The average molecular weight is 310 g/mol. The first-order valence-electron chi connectivity index (χ1n) is 5.12. The zero-order chi connectivity index (χ0) is 13.1. The van der Waals surface area contributed by atoms with Gasteiger partial charge in [0.1, 0.15) is 11.6 Å². The molecule has 0 unspecified atom stereocenters. The molecule has 5 heteroatoms. The molecule has 0 aliphatic rings.